The molecule has 0 amide bonds. The molecule has 0 saturated carbocycles. The van der Waals surface area contributed by atoms with Crippen LogP contribution in [0.3, 0.4) is 0 Å². The number of thiazole rings is 1. The molecule has 0 radical (unpaired) electrons. The maximum Gasteiger partial charge on any atom is 0.376 e. The number of carbonyl (C=O) groups excluding carboxylic acids is 1. The zero-order chi connectivity index (χ0) is 14.7. The number of nitrogens with one attached hydrogen (secondary N) is 1. The third kappa shape index (κ3) is 3.11. The maximum atomic E-state index is 11.4. The molecule has 0 aromatic carbocycles. The van der Waals surface area contributed by atoms with E-state index in [1.165, 1.54) is 13.3 Å². The van der Waals surface area contributed by atoms with Gasteiger partial charge in [0.1, 0.15) is 5.82 Å². The van der Waals surface area contributed by atoms with Crippen molar-refractivity contribution >= 4 is 23.1 Å². The number of hydrogen-bond acceptors (Lipinski definition) is 7. The van der Waals surface area contributed by atoms with E-state index in [1.807, 2.05) is 20.8 Å². The fourth-order valence-corrected chi connectivity index (χ4v) is 2.79. The molecule has 2 rings (SSSR count). The third-order valence-electron chi connectivity index (χ3n) is 2.72. The highest BCUT2D eigenvalue weighted by atomic mass is 32.1. The minimum atomic E-state index is -0.550. The van der Waals surface area contributed by atoms with Gasteiger partial charge in [0.25, 0.3) is 0 Å². The summed E-state index contributed by atoms with van der Waals surface area (Å²) in [5.41, 5.74) is 1.01. The van der Waals surface area contributed by atoms with E-state index in [-0.39, 0.29) is 11.9 Å². The second-order valence-corrected chi connectivity index (χ2v) is 5.54. The molecular formula is C13H16N4O2S. The fraction of sp³-hybridized carbons (Fsp3) is 0.385. The van der Waals surface area contributed by atoms with Crippen molar-refractivity contribution in [2.45, 2.75) is 26.8 Å². The Morgan fingerprint density at radius 3 is 2.75 bits per heavy atom. The van der Waals surface area contributed by atoms with E-state index < -0.39 is 5.97 Å². The normalized spacial score (nSPS) is 12.0. The highest BCUT2D eigenvalue weighted by Crippen LogP contribution is 2.26. The SMILES string of the molecule is COC(=O)c1nccc(NC(C)c2sc(C)nc2C)n1. The molecule has 0 aliphatic heterocycles. The Kier molecular flexibility index (Phi) is 4.29. The minimum absolute atomic E-state index is 0.0434. The summed E-state index contributed by atoms with van der Waals surface area (Å²) in [7, 11) is 1.30. The van der Waals surface area contributed by atoms with Crippen molar-refractivity contribution in [3.63, 3.8) is 0 Å². The van der Waals surface area contributed by atoms with Gasteiger partial charge in [-0.25, -0.2) is 19.7 Å². The van der Waals surface area contributed by atoms with E-state index in [0.29, 0.717) is 5.82 Å². The lowest BCUT2D eigenvalue weighted by Crippen LogP contribution is -2.12. The van der Waals surface area contributed by atoms with Crippen molar-refractivity contribution in [3.05, 3.63) is 33.7 Å². The van der Waals surface area contributed by atoms with E-state index >= 15 is 0 Å². The van der Waals surface area contributed by atoms with Crippen LogP contribution in [0.1, 0.15) is 39.2 Å². The fourth-order valence-electron chi connectivity index (χ4n) is 1.86. The maximum absolute atomic E-state index is 11.4. The van der Waals surface area contributed by atoms with Crippen molar-refractivity contribution in [2.24, 2.45) is 0 Å². The summed E-state index contributed by atoms with van der Waals surface area (Å²) < 4.78 is 4.60. The molecule has 7 heteroatoms. The van der Waals surface area contributed by atoms with Crippen LogP contribution in [0.25, 0.3) is 0 Å². The number of nitrogens with zero attached hydrogens (tertiary/aromatic N) is 3. The van der Waals surface area contributed by atoms with Gasteiger partial charge in [-0.3, -0.25) is 0 Å². The molecule has 106 valence electrons. The number of ether oxygens (including phenoxy) is 1. The number of aryl methyl sites for hydroxylation is 2. The lowest BCUT2D eigenvalue weighted by molar-refractivity contribution is 0.0587. The Morgan fingerprint density at radius 1 is 1.40 bits per heavy atom. The second kappa shape index (κ2) is 5.96. The molecule has 2 aromatic rings. The summed E-state index contributed by atoms with van der Waals surface area (Å²) in [6.45, 7) is 5.99. The topological polar surface area (TPSA) is 77.0 Å². The summed E-state index contributed by atoms with van der Waals surface area (Å²) in [5.74, 6) is 0.0754. The lowest BCUT2D eigenvalue weighted by atomic mass is 10.2. The highest BCUT2D eigenvalue weighted by Gasteiger charge is 2.15. The van der Waals surface area contributed by atoms with Crippen LogP contribution < -0.4 is 5.32 Å². The summed E-state index contributed by atoms with van der Waals surface area (Å²) in [5, 5.41) is 4.27. The average Bonchev–Trinajstić information content (AvgIpc) is 2.77. The van der Waals surface area contributed by atoms with Crippen LogP contribution in [-0.4, -0.2) is 28.0 Å². The van der Waals surface area contributed by atoms with Gasteiger partial charge in [0, 0.05) is 11.1 Å². The Balaban J connectivity index is 2.17. The molecule has 2 heterocycles. The van der Waals surface area contributed by atoms with E-state index in [1.54, 1.807) is 17.4 Å². The van der Waals surface area contributed by atoms with Crippen LogP contribution in [0.2, 0.25) is 0 Å². The number of anilines is 1. The smallest absolute Gasteiger partial charge is 0.376 e. The van der Waals surface area contributed by atoms with E-state index in [0.717, 1.165) is 15.6 Å². The van der Waals surface area contributed by atoms with Crippen LogP contribution in [0.15, 0.2) is 12.3 Å². The number of carbonyl (C=O) groups is 1. The van der Waals surface area contributed by atoms with Gasteiger partial charge >= 0.3 is 5.97 Å². The lowest BCUT2D eigenvalue weighted by Gasteiger charge is -2.13. The molecule has 1 unspecified atom stereocenters. The number of hydrogen-bond donors (Lipinski definition) is 1. The average molecular weight is 292 g/mol. The number of methoxy groups -OCH3 is 1. The van der Waals surface area contributed by atoms with Crippen molar-refractivity contribution < 1.29 is 9.53 Å². The van der Waals surface area contributed by atoms with Gasteiger partial charge in [-0.05, 0) is 26.8 Å². The molecule has 0 aliphatic rings. The van der Waals surface area contributed by atoms with E-state index in [9.17, 15) is 4.79 Å². The van der Waals surface area contributed by atoms with Crippen LogP contribution in [0.4, 0.5) is 5.82 Å². The minimum Gasteiger partial charge on any atom is -0.463 e. The van der Waals surface area contributed by atoms with E-state index in [2.05, 4.69) is 25.0 Å². The Bertz CT molecular complexity index is 627. The van der Waals surface area contributed by atoms with Crippen molar-refractivity contribution in [1.29, 1.82) is 0 Å². The summed E-state index contributed by atoms with van der Waals surface area (Å²) >= 11 is 1.65. The monoisotopic (exact) mass is 292 g/mol. The second-order valence-electron chi connectivity index (χ2n) is 4.31. The summed E-state index contributed by atoms with van der Waals surface area (Å²) in [6.07, 6.45) is 1.53. The highest BCUT2D eigenvalue weighted by molar-refractivity contribution is 7.11. The quantitative estimate of drug-likeness (QED) is 0.872. The predicted molar refractivity (Wildman–Crippen MR) is 77.0 cm³/mol. The molecular weight excluding hydrogens is 276 g/mol. The molecule has 2 aromatic heterocycles. The number of esters is 1. The van der Waals surface area contributed by atoms with Crippen molar-refractivity contribution in [2.75, 3.05) is 12.4 Å². The van der Waals surface area contributed by atoms with Crippen LogP contribution in [0, 0.1) is 13.8 Å². The molecule has 6 nitrogen and oxygen atoms in total. The molecule has 20 heavy (non-hydrogen) atoms. The van der Waals surface area contributed by atoms with Crippen molar-refractivity contribution in [1.82, 2.24) is 15.0 Å². The van der Waals surface area contributed by atoms with Gasteiger partial charge in [-0.2, -0.15) is 0 Å². The predicted octanol–water partition coefficient (Wildman–Crippen LogP) is 2.51. The Morgan fingerprint density at radius 2 is 2.15 bits per heavy atom. The van der Waals surface area contributed by atoms with Gasteiger partial charge in [0.2, 0.25) is 5.82 Å². The molecule has 1 atom stereocenters. The van der Waals surface area contributed by atoms with Crippen LogP contribution >= 0.6 is 11.3 Å². The first kappa shape index (κ1) is 14.4. The van der Waals surface area contributed by atoms with Crippen LogP contribution in [0.5, 0.6) is 0 Å². The first-order valence-electron chi connectivity index (χ1n) is 6.13. The third-order valence-corrected chi connectivity index (χ3v) is 3.98. The summed E-state index contributed by atoms with van der Waals surface area (Å²) in [4.78, 5) is 25.0. The van der Waals surface area contributed by atoms with E-state index in [4.69, 9.17) is 0 Å². The Labute approximate surface area is 121 Å². The van der Waals surface area contributed by atoms with Gasteiger partial charge in [-0.15, -0.1) is 11.3 Å². The van der Waals surface area contributed by atoms with Crippen molar-refractivity contribution in [3.8, 4) is 0 Å². The number of aromatic nitrogens is 3. The zero-order valence-corrected chi connectivity index (χ0v) is 12.6. The molecule has 0 aliphatic carbocycles. The first-order chi connectivity index (χ1) is 9.51. The van der Waals surface area contributed by atoms with Gasteiger partial charge < -0.3 is 10.1 Å². The van der Waals surface area contributed by atoms with Gasteiger partial charge in [0.15, 0.2) is 0 Å². The standard InChI is InChI=1S/C13H16N4O2S/c1-7-11(20-9(3)15-7)8(2)16-10-5-6-14-12(17-10)13(18)19-4/h5-6,8H,1-4H3,(H,14,16,17). The van der Waals surface area contributed by atoms with Gasteiger partial charge in [0.05, 0.1) is 23.9 Å². The summed E-state index contributed by atoms with van der Waals surface area (Å²) in [6, 6.07) is 1.77. The Hall–Kier alpha value is -2.02. The molecule has 0 spiro atoms. The van der Waals surface area contributed by atoms with Crippen LogP contribution in [-0.2, 0) is 4.74 Å². The number of rotatable bonds is 4. The zero-order valence-electron chi connectivity index (χ0n) is 11.8. The molecule has 0 bridgehead atoms. The van der Waals surface area contributed by atoms with Gasteiger partial charge in [-0.1, -0.05) is 0 Å². The molecule has 0 saturated heterocycles. The largest absolute Gasteiger partial charge is 0.463 e. The molecule has 0 fully saturated rings. The first-order valence-corrected chi connectivity index (χ1v) is 6.94. The molecule has 1 N–H and O–H groups in total.